The zero-order valence-electron chi connectivity index (χ0n) is 11.1. The third-order valence-electron chi connectivity index (χ3n) is 3.61. The first kappa shape index (κ1) is 13.8. The maximum Gasteiger partial charge on any atom is 0.115 e. The highest BCUT2D eigenvalue weighted by Gasteiger charge is 2.19. The van der Waals surface area contributed by atoms with E-state index >= 15 is 0 Å². The zero-order valence-corrected chi connectivity index (χ0v) is 11.9. The van der Waals surface area contributed by atoms with Crippen molar-refractivity contribution in [3.63, 3.8) is 0 Å². The van der Waals surface area contributed by atoms with Crippen molar-refractivity contribution in [3.05, 3.63) is 29.3 Å². The lowest BCUT2D eigenvalue weighted by Gasteiger charge is -2.26. The highest BCUT2D eigenvalue weighted by atomic mass is 32.2. The van der Waals surface area contributed by atoms with Crippen molar-refractivity contribution in [2.45, 2.75) is 38.1 Å². The summed E-state index contributed by atoms with van der Waals surface area (Å²) >= 11 is 1.92. The molecule has 0 heterocycles. The van der Waals surface area contributed by atoms with E-state index in [1.165, 1.54) is 42.6 Å². The predicted octanol–water partition coefficient (Wildman–Crippen LogP) is 3.50. The summed E-state index contributed by atoms with van der Waals surface area (Å²) in [5.74, 6) is 1.66. The van der Waals surface area contributed by atoms with Crippen molar-refractivity contribution in [1.82, 2.24) is 5.32 Å². The molecular weight excluding hydrogens is 242 g/mol. The van der Waals surface area contributed by atoms with E-state index in [0.29, 0.717) is 11.8 Å². The summed E-state index contributed by atoms with van der Waals surface area (Å²) in [6.45, 7) is 1.10. The second-order valence-electron chi connectivity index (χ2n) is 4.98. The number of aryl methyl sites for hydroxylation is 1. The number of aromatic hydroxyl groups is 1. The summed E-state index contributed by atoms with van der Waals surface area (Å²) < 4.78 is 0. The molecule has 1 aliphatic carbocycles. The fraction of sp³-hybridized carbons (Fsp3) is 0.600. The van der Waals surface area contributed by atoms with Gasteiger partial charge in [0, 0.05) is 6.04 Å². The molecule has 18 heavy (non-hydrogen) atoms. The number of thioether (sulfide) groups is 1. The molecule has 2 rings (SSSR count). The first-order valence-corrected chi connectivity index (χ1v) is 8.25. The van der Waals surface area contributed by atoms with Crippen LogP contribution in [-0.4, -0.2) is 23.7 Å². The van der Waals surface area contributed by atoms with E-state index < -0.39 is 0 Å². The Morgan fingerprint density at radius 2 is 2.28 bits per heavy atom. The van der Waals surface area contributed by atoms with Crippen molar-refractivity contribution in [2.24, 2.45) is 0 Å². The lowest BCUT2D eigenvalue weighted by Crippen LogP contribution is -2.26. The Hall–Kier alpha value is -0.670. The van der Waals surface area contributed by atoms with Crippen LogP contribution in [0.15, 0.2) is 18.2 Å². The van der Waals surface area contributed by atoms with Crippen LogP contribution >= 0.6 is 11.8 Å². The molecule has 1 aromatic rings. The second-order valence-corrected chi connectivity index (χ2v) is 5.97. The summed E-state index contributed by atoms with van der Waals surface area (Å²) in [6, 6.07) is 6.32. The molecule has 1 unspecified atom stereocenters. The zero-order chi connectivity index (χ0) is 12.8. The number of unbranched alkanes of at least 4 members (excludes halogenated alkanes) is 1. The van der Waals surface area contributed by atoms with Gasteiger partial charge in [-0.25, -0.2) is 0 Å². The van der Waals surface area contributed by atoms with Crippen LogP contribution in [0.3, 0.4) is 0 Å². The lowest BCUT2D eigenvalue weighted by molar-refractivity contribution is 0.447. The molecule has 0 saturated heterocycles. The van der Waals surface area contributed by atoms with E-state index in [0.717, 1.165) is 13.0 Å². The van der Waals surface area contributed by atoms with E-state index in [4.69, 9.17) is 0 Å². The number of fused-ring (bicyclic) bond motifs is 1. The number of benzene rings is 1. The molecule has 0 fully saturated rings. The maximum atomic E-state index is 9.52. The Kier molecular flexibility index (Phi) is 5.39. The molecule has 0 aromatic heterocycles. The predicted molar refractivity (Wildman–Crippen MR) is 79.4 cm³/mol. The summed E-state index contributed by atoms with van der Waals surface area (Å²) in [6.07, 6.45) is 8.26. The molecule has 0 bridgehead atoms. The molecule has 2 N–H and O–H groups in total. The average Bonchev–Trinajstić information content (AvgIpc) is 2.38. The van der Waals surface area contributed by atoms with Crippen LogP contribution < -0.4 is 5.32 Å². The first-order valence-electron chi connectivity index (χ1n) is 6.85. The quantitative estimate of drug-likeness (QED) is 0.772. The largest absolute Gasteiger partial charge is 0.508 e. The topological polar surface area (TPSA) is 32.3 Å². The molecular formula is C15H23NOS. The molecule has 0 spiro atoms. The third kappa shape index (κ3) is 3.66. The summed E-state index contributed by atoms with van der Waals surface area (Å²) in [5.41, 5.74) is 2.71. The Bertz CT molecular complexity index is 381. The van der Waals surface area contributed by atoms with Gasteiger partial charge in [-0.05, 0) is 73.9 Å². The molecule has 0 radical (unpaired) electrons. The van der Waals surface area contributed by atoms with Crippen LogP contribution in [0.5, 0.6) is 5.75 Å². The minimum absolute atomic E-state index is 0.398. The van der Waals surface area contributed by atoms with Gasteiger partial charge >= 0.3 is 0 Å². The maximum absolute atomic E-state index is 9.52. The molecule has 2 nitrogen and oxygen atoms in total. The van der Waals surface area contributed by atoms with Gasteiger partial charge in [0.05, 0.1) is 0 Å². The van der Waals surface area contributed by atoms with Gasteiger partial charge in [0.2, 0.25) is 0 Å². The SMILES string of the molecule is CSCCCCNC1CCCc2cc(O)ccc21. The monoisotopic (exact) mass is 265 g/mol. The van der Waals surface area contributed by atoms with Crippen molar-refractivity contribution in [2.75, 3.05) is 18.6 Å². The Balaban J connectivity index is 1.88. The van der Waals surface area contributed by atoms with E-state index in [1.807, 2.05) is 23.9 Å². The van der Waals surface area contributed by atoms with Gasteiger partial charge in [0.25, 0.3) is 0 Å². The standard InChI is InChI=1S/C15H23NOS/c1-18-10-3-2-9-16-15-6-4-5-12-11-13(17)7-8-14(12)15/h7-8,11,15-17H,2-6,9-10H2,1H3. The first-order chi connectivity index (χ1) is 8.81. The lowest BCUT2D eigenvalue weighted by atomic mass is 9.87. The molecule has 1 atom stereocenters. The van der Waals surface area contributed by atoms with Gasteiger partial charge in [-0.3, -0.25) is 0 Å². The number of hydrogen-bond acceptors (Lipinski definition) is 3. The fourth-order valence-electron chi connectivity index (χ4n) is 2.66. The third-order valence-corrected chi connectivity index (χ3v) is 4.30. The number of hydrogen-bond donors (Lipinski definition) is 2. The van der Waals surface area contributed by atoms with Gasteiger partial charge in [0.1, 0.15) is 5.75 Å². The van der Waals surface area contributed by atoms with E-state index in [9.17, 15) is 5.11 Å². The minimum atomic E-state index is 0.398. The fourth-order valence-corrected chi connectivity index (χ4v) is 3.15. The molecule has 0 aliphatic heterocycles. The Labute approximate surface area is 114 Å². The highest BCUT2D eigenvalue weighted by molar-refractivity contribution is 7.98. The van der Waals surface area contributed by atoms with Crippen LogP contribution in [0.25, 0.3) is 0 Å². The van der Waals surface area contributed by atoms with Crippen molar-refractivity contribution >= 4 is 11.8 Å². The Morgan fingerprint density at radius 3 is 3.11 bits per heavy atom. The smallest absolute Gasteiger partial charge is 0.115 e. The van der Waals surface area contributed by atoms with E-state index in [2.05, 4.69) is 17.6 Å². The van der Waals surface area contributed by atoms with Gasteiger partial charge in [-0.15, -0.1) is 0 Å². The van der Waals surface area contributed by atoms with Crippen LogP contribution in [0, 0.1) is 0 Å². The van der Waals surface area contributed by atoms with Crippen LogP contribution in [0.1, 0.15) is 42.9 Å². The Morgan fingerprint density at radius 1 is 1.39 bits per heavy atom. The highest BCUT2D eigenvalue weighted by Crippen LogP contribution is 2.31. The minimum Gasteiger partial charge on any atom is -0.508 e. The molecule has 1 aliphatic rings. The van der Waals surface area contributed by atoms with Crippen molar-refractivity contribution in [3.8, 4) is 5.75 Å². The molecule has 3 heteroatoms. The normalized spacial score (nSPS) is 18.6. The van der Waals surface area contributed by atoms with Crippen molar-refractivity contribution < 1.29 is 5.11 Å². The van der Waals surface area contributed by atoms with E-state index in [1.54, 1.807) is 0 Å². The molecule has 100 valence electrons. The molecule has 1 aromatic carbocycles. The number of phenols is 1. The van der Waals surface area contributed by atoms with Gasteiger partial charge < -0.3 is 10.4 Å². The molecule has 0 saturated carbocycles. The summed E-state index contributed by atoms with van der Waals surface area (Å²) in [4.78, 5) is 0. The molecule has 0 amide bonds. The van der Waals surface area contributed by atoms with Gasteiger partial charge in [-0.2, -0.15) is 11.8 Å². The average molecular weight is 265 g/mol. The number of rotatable bonds is 6. The van der Waals surface area contributed by atoms with Gasteiger partial charge in [-0.1, -0.05) is 6.07 Å². The van der Waals surface area contributed by atoms with Crippen LogP contribution in [-0.2, 0) is 6.42 Å². The number of nitrogens with one attached hydrogen (secondary N) is 1. The second kappa shape index (κ2) is 7.05. The summed E-state index contributed by atoms with van der Waals surface area (Å²) in [7, 11) is 0. The summed E-state index contributed by atoms with van der Waals surface area (Å²) in [5, 5.41) is 13.2. The number of phenolic OH excluding ortho intramolecular Hbond substituents is 1. The van der Waals surface area contributed by atoms with Gasteiger partial charge in [0.15, 0.2) is 0 Å². The van der Waals surface area contributed by atoms with Crippen LogP contribution in [0.4, 0.5) is 0 Å². The van der Waals surface area contributed by atoms with Crippen LogP contribution in [0.2, 0.25) is 0 Å². The van der Waals surface area contributed by atoms with E-state index in [-0.39, 0.29) is 0 Å². The van der Waals surface area contributed by atoms with Crippen molar-refractivity contribution in [1.29, 1.82) is 0 Å².